The van der Waals surface area contributed by atoms with E-state index in [0.717, 1.165) is 10.6 Å². The zero-order valence-electron chi connectivity index (χ0n) is 14.7. The van der Waals surface area contributed by atoms with Crippen LogP contribution in [0.3, 0.4) is 0 Å². The van der Waals surface area contributed by atoms with Crippen molar-refractivity contribution in [3.8, 4) is 5.75 Å². The first kappa shape index (κ1) is 18.6. The second kappa shape index (κ2) is 7.92. The lowest BCUT2D eigenvalue weighted by molar-refractivity contribution is -0.118. The van der Waals surface area contributed by atoms with Crippen LogP contribution in [0.25, 0.3) is 0 Å². The van der Waals surface area contributed by atoms with Gasteiger partial charge in [0, 0.05) is 24.4 Å². The van der Waals surface area contributed by atoms with Crippen LogP contribution in [0.2, 0.25) is 0 Å². The van der Waals surface area contributed by atoms with Crippen LogP contribution in [-0.4, -0.2) is 47.8 Å². The van der Waals surface area contributed by atoms with E-state index in [0.29, 0.717) is 25.9 Å². The number of Topliss-reactive ketones (excluding diaryl/α,β-unsaturated/α-hetero) is 1. The number of benzene rings is 1. The van der Waals surface area contributed by atoms with E-state index in [1.54, 1.807) is 12.0 Å². The topological polar surface area (TPSA) is 55.8 Å². The molecule has 0 radical (unpaired) electrons. The number of amides is 1. The number of ketones is 1. The molecule has 0 aromatic heterocycles. The summed E-state index contributed by atoms with van der Waals surface area (Å²) in [5.41, 5.74) is -0.526. The van der Waals surface area contributed by atoms with Gasteiger partial charge in [-0.1, -0.05) is 6.07 Å². The Morgan fingerprint density at radius 3 is 2.71 bits per heavy atom. The van der Waals surface area contributed by atoms with E-state index >= 15 is 0 Å². The Morgan fingerprint density at radius 1 is 1.29 bits per heavy atom. The van der Waals surface area contributed by atoms with Crippen LogP contribution in [0.4, 0.5) is 4.79 Å². The van der Waals surface area contributed by atoms with E-state index in [4.69, 9.17) is 9.47 Å². The summed E-state index contributed by atoms with van der Waals surface area (Å²) in [5.74, 6) is 0.949. The molecule has 1 aromatic carbocycles. The Hall–Kier alpha value is -1.69. The molecule has 1 saturated heterocycles. The third-order valence-corrected chi connectivity index (χ3v) is 4.93. The lowest BCUT2D eigenvalue weighted by Crippen LogP contribution is -2.37. The summed E-state index contributed by atoms with van der Waals surface area (Å²) in [6, 6.07) is 7.68. The third-order valence-electron chi connectivity index (χ3n) is 3.62. The molecule has 1 heterocycles. The smallest absolute Gasteiger partial charge is 0.410 e. The number of hydrogen-bond donors (Lipinski definition) is 0. The van der Waals surface area contributed by atoms with E-state index < -0.39 is 5.60 Å². The molecule has 1 aliphatic rings. The maximum atomic E-state index is 12.4. The van der Waals surface area contributed by atoms with Crippen molar-refractivity contribution in [3.05, 3.63) is 24.3 Å². The molecule has 0 aliphatic carbocycles. The zero-order chi connectivity index (χ0) is 17.7. The molecule has 1 amide bonds. The molecular weight excluding hydrogens is 326 g/mol. The van der Waals surface area contributed by atoms with E-state index in [1.165, 1.54) is 11.8 Å². The van der Waals surface area contributed by atoms with Crippen molar-refractivity contribution in [3.63, 3.8) is 0 Å². The van der Waals surface area contributed by atoms with Gasteiger partial charge < -0.3 is 14.4 Å². The van der Waals surface area contributed by atoms with Crippen molar-refractivity contribution in [2.75, 3.05) is 20.2 Å². The molecule has 5 nitrogen and oxygen atoms in total. The molecule has 2 rings (SSSR count). The molecule has 0 saturated carbocycles. The first-order valence-electron chi connectivity index (χ1n) is 8.10. The lowest BCUT2D eigenvalue weighted by atomic mass is 10.2. The van der Waals surface area contributed by atoms with Crippen molar-refractivity contribution in [2.24, 2.45) is 0 Å². The summed E-state index contributed by atoms with van der Waals surface area (Å²) in [6.45, 7) is 6.48. The Balaban J connectivity index is 1.99. The highest BCUT2D eigenvalue weighted by molar-refractivity contribution is 8.00. The Bertz CT molecular complexity index is 597. The van der Waals surface area contributed by atoms with Crippen molar-refractivity contribution in [1.29, 1.82) is 0 Å². The quantitative estimate of drug-likeness (QED) is 0.830. The number of thioether (sulfide) groups is 1. The minimum Gasteiger partial charge on any atom is -0.497 e. The summed E-state index contributed by atoms with van der Waals surface area (Å²) in [4.78, 5) is 27.2. The number of hydrogen-bond acceptors (Lipinski definition) is 5. The predicted molar refractivity (Wildman–Crippen MR) is 94.7 cm³/mol. The van der Waals surface area contributed by atoms with Crippen molar-refractivity contribution >= 4 is 23.6 Å². The Morgan fingerprint density at radius 2 is 2.04 bits per heavy atom. The highest BCUT2D eigenvalue weighted by atomic mass is 32.2. The van der Waals surface area contributed by atoms with Gasteiger partial charge in [0.25, 0.3) is 0 Å². The molecule has 0 N–H and O–H groups in total. The summed E-state index contributed by atoms with van der Waals surface area (Å²) >= 11 is 1.53. The number of methoxy groups -OCH3 is 1. The van der Waals surface area contributed by atoms with Gasteiger partial charge in [-0.2, -0.15) is 0 Å². The van der Waals surface area contributed by atoms with Crippen LogP contribution in [0, 0.1) is 0 Å². The normalized spacial score (nSPS) is 18.9. The molecule has 0 spiro atoms. The van der Waals surface area contributed by atoms with Gasteiger partial charge in [-0.15, -0.1) is 11.8 Å². The van der Waals surface area contributed by atoms with Gasteiger partial charge in [-0.05, 0) is 45.4 Å². The Kier molecular flexibility index (Phi) is 6.15. The molecule has 132 valence electrons. The monoisotopic (exact) mass is 351 g/mol. The van der Waals surface area contributed by atoms with Crippen LogP contribution in [0.15, 0.2) is 29.2 Å². The SMILES string of the molecule is COc1cccc(SC2CCN(C(=O)OC(C)(C)C)CCC2=O)c1. The molecule has 0 bridgehead atoms. The van der Waals surface area contributed by atoms with E-state index in [1.807, 2.05) is 45.0 Å². The highest BCUT2D eigenvalue weighted by Crippen LogP contribution is 2.31. The maximum absolute atomic E-state index is 12.4. The van der Waals surface area contributed by atoms with Crippen LogP contribution in [0.5, 0.6) is 5.75 Å². The molecule has 1 aromatic rings. The molecule has 1 aliphatic heterocycles. The number of ether oxygens (including phenoxy) is 2. The minimum absolute atomic E-state index is 0.149. The fourth-order valence-corrected chi connectivity index (χ4v) is 3.57. The van der Waals surface area contributed by atoms with Crippen molar-refractivity contribution in [2.45, 2.75) is 49.4 Å². The second-order valence-corrected chi connectivity index (χ2v) is 8.03. The van der Waals surface area contributed by atoms with Crippen LogP contribution in [-0.2, 0) is 9.53 Å². The van der Waals surface area contributed by atoms with Crippen LogP contribution < -0.4 is 4.74 Å². The van der Waals surface area contributed by atoms with E-state index in [-0.39, 0.29) is 17.1 Å². The average Bonchev–Trinajstić information content (AvgIpc) is 2.69. The average molecular weight is 351 g/mol. The van der Waals surface area contributed by atoms with Crippen molar-refractivity contribution in [1.82, 2.24) is 4.90 Å². The zero-order valence-corrected chi connectivity index (χ0v) is 15.5. The fourth-order valence-electron chi connectivity index (χ4n) is 2.42. The van der Waals surface area contributed by atoms with Gasteiger partial charge in [0.2, 0.25) is 0 Å². The number of carbonyl (C=O) groups excluding carboxylic acids is 2. The van der Waals surface area contributed by atoms with E-state index in [2.05, 4.69) is 0 Å². The number of rotatable bonds is 3. The summed E-state index contributed by atoms with van der Waals surface area (Å²) in [7, 11) is 1.62. The maximum Gasteiger partial charge on any atom is 0.410 e. The molecule has 6 heteroatoms. The molecule has 24 heavy (non-hydrogen) atoms. The van der Waals surface area contributed by atoms with Crippen molar-refractivity contribution < 1.29 is 19.1 Å². The number of carbonyl (C=O) groups is 2. The second-order valence-electron chi connectivity index (χ2n) is 6.76. The highest BCUT2D eigenvalue weighted by Gasteiger charge is 2.29. The van der Waals surface area contributed by atoms with Gasteiger partial charge in [0.05, 0.1) is 12.4 Å². The number of nitrogens with zero attached hydrogens (tertiary/aromatic N) is 1. The first-order chi connectivity index (χ1) is 11.3. The van der Waals surface area contributed by atoms with Crippen LogP contribution >= 0.6 is 11.8 Å². The number of likely N-dealkylation sites (tertiary alicyclic amines) is 1. The first-order valence-corrected chi connectivity index (χ1v) is 8.98. The van der Waals surface area contributed by atoms with Gasteiger partial charge in [0.1, 0.15) is 17.1 Å². The summed E-state index contributed by atoms with van der Waals surface area (Å²) in [5, 5.41) is -0.149. The largest absolute Gasteiger partial charge is 0.497 e. The van der Waals surface area contributed by atoms with Gasteiger partial charge in [-0.25, -0.2) is 4.79 Å². The third kappa shape index (κ3) is 5.44. The summed E-state index contributed by atoms with van der Waals surface area (Å²) < 4.78 is 10.6. The molecular formula is C18H25NO4S. The molecule has 1 unspecified atom stereocenters. The minimum atomic E-state index is -0.526. The summed E-state index contributed by atoms with van der Waals surface area (Å²) in [6.07, 6.45) is 0.642. The van der Waals surface area contributed by atoms with E-state index in [9.17, 15) is 9.59 Å². The Labute approximate surface area is 147 Å². The van der Waals surface area contributed by atoms with Crippen LogP contribution in [0.1, 0.15) is 33.6 Å². The molecule has 1 fully saturated rings. The van der Waals surface area contributed by atoms with Gasteiger partial charge >= 0.3 is 6.09 Å². The molecule has 1 atom stereocenters. The fraction of sp³-hybridized carbons (Fsp3) is 0.556. The standard InChI is InChI=1S/C18H25NO4S/c1-18(2,3)23-17(21)19-10-8-15(20)16(9-11-19)24-14-7-5-6-13(12-14)22-4/h5-7,12,16H,8-11H2,1-4H3. The van der Waals surface area contributed by atoms with Gasteiger partial charge in [0.15, 0.2) is 0 Å². The predicted octanol–water partition coefficient (Wildman–Crippen LogP) is 3.76. The van der Waals surface area contributed by atoms with Gasteiger partial charge in [-0.3, -0.25) is 4.79 Å². The lowest BCUT2D eigenvalue weighted by Gasteiger charge is -2.26.